The monoisotopic (exact) mass is 315 g/mol. The van der Waals surface area contributed by atoms with Gasteiger partial charge in [-0.25, -0.2) is 0 Å². The minimum Gasteiger partial charge on any atom is -0.292 e. The molecule has 1 fully saturated rings. The maximum Gasteiger partial charge on any atom is 0.187 e. The third-order valence-electron chi connectivity index (χ3n) is 3.57. The summed E-state index contributed by atoms with van der Waals surface area (Å²) < 4.78 is 0.935. The largest absolute Gasteiger partial charge is 0.292 e. The number of Topliss-reactive ketones (excluding diaryl/α,β-unsaturated/α-hetero) is 1. The van der Waals surface area contributed by atoms with E-state index >= 15 is 0 Å². The molecule has 0 aliphatic carbocycles. The average molecular weight is 316 g/mol. The lowest BCUT2D eigenvalue weighted by Crippen LogP contribution is -2.46. The second kappa shape index (κ2) is 5.63. The second-order valence-electron chi connectivity index (χ2n) is 4.82. The zero-order valence-electron chi connectivity index (χ0n) is 10.3. The molecule has 0 radical (unpaired) electrons. The molecule has 4 heteroatoms. The summed E-state index contributed by atoms with van der Waals surface area (Å²) in [4.78, 5) is 15.4. The van der Waals surface area contributed by atoms with E-state index in [1.165, 1.54) is 30.6 Å². The molecule has 17 heavy (non-hydrogen) atoms. The number of carbonyl (C=O) groups is 1. The fraction of sp³-hybridized carbons (Fsp3) is 0.615. The van der Waals surface area contributed by atoms with E-state index in [-0.39, 0.29) is 5.78 Å². The van der Waals surface area contributed by atoms with E-state index in [0.29, 0.717) is 18.6 Å². The second-order valence-corrected chi connectivity index (χ2v) is 6.59. The summed E-state index contributed by atoms with van der Waals surface area (Å²) in [7, 11) is 0. The Morgan fingerprint density at radius 2 is 2.12 bits per heavy atom. The van der Waals surface area contributed by atoms with Gasteiger partial charge in [-0.2, -0.15) is 0 Å². The molecule has 1 aromatic rings. The molecule has 2 unspecified atom stereocenters. The molecular weight excluding hydrogens is 298 g/mol. The first-order valence-corrected chi connectivity index (χ1v) is 7.78. The number of thiophene rings is 1. The smallest absolute Gasteiger partial charge is 0.187 e. The molecule has 0 N–H and O–H groups in total. The molecule has 2 rings (SSSR count). The zero-order chi connectivity index (χ0) is 12.4. The van der Waals surface area contributed by atoms with Crippen LogP contribution >= 0.6 is 27.3 Å². The van der Waals surface area contributed by atoms with Crippen LogP contribution in [0.15, 0.2) is 15.9 Å². The van der Waals surface area contributed by atoms with Crippen molar-refractivity contribution in [2.45, 2.75) is 45.2 Å². The van der Waals surface area contributed by atoms with Crippen LogP contribution in [0.4, 0.5) is 0 Å². The Bertz CT molecular complexity index is 394. The van der Waals surface area contributed by atoms with Crippen LogP contribution in [-0.2, 0) is 0 Å². The Labute approximate surface area is 115 Å². The van der Waals surface area contributed by atoms with E-state index in [4.69, 9.17) is 0 Å². The van der Waals surface area contributed by atoms with Crippen molar-refractivity contribution >= 4 is 33.0 Å². The first-order valence-electron chi connectivity index (χ1n) is 6.11. The maximum absolute atomic E-state index is 12.2. The van der Waals surface area contributed by atoms with Crippen molar-refractivity contribution in [3.8, 4) is 0 Å². The summed E-state index contributed by atoms with van der Waals surface area (Å²) in [6.07, 6.45) is 3.71. The molecule has 0 amide bonds. The maximum atomic E-state index is 12.2. The Hall–Kier alpha value is -0.190. The van der Waals surface area contributed by atoms with Crippen LogP contribution in [0.5, 0.6) is 0 Å². The predicted octanol–water partition coefficient (Wildman–Crippen LogP) is 3.96. The fourth-order valence-corrected chi connectivity index (χ4v) is 4.04. The van der Waals surface area contributed by atoms with Gasteiger partial charge < -0.3 is 0 Å². The van der Waals surface area contributed by atoms with Gasteiger partial charge in [-0.05, 0) is 54.1 Å². The molecule has 2 atom stereocenters. The molecule has 94 valence electrons. The molecular formula is C13H18BrNOS. The highest BCUT2D eigenvalue weighted by molar-refractivity contribution is 9.10. The molecule has 0 saturated carbocycles. The van der Waals surface area contributed by atoms with Gasteiger partial charge in [0.1, 0.15) is 0 Å². The number of hydrogen-bond donors (Lipinski definition) is 0. The first-order chi connectivity index (χ1) is 8.09. The van der Waals surface area contributed by atoms with Crippen LogP contribution in [0.3, 0.4) is 0 Å². The van der Waals surface area contributed by atoms with Gasteiger partial charge in [-0.3, -0.25) is 9.69 Å². The lowest BCUT2D eigenvalue weighted by atomic mass is 9.97. The number of halogens is 1. The van der Waals surface area contributed by atoms with Crippen molar-refractivity contribution in [1.29, 1.82) is 0 Å². The first kappa shape index (κ1) is 13.2. The topological polar surface area (TPSA) is 20.3 Å². The van der Waals surface area contributed by atoms with Gasteiger partial charge in [0.15, 0.2) is 5.78 Å². The van der Waals surface area contributed by atoms with Crippen molar-refractivity contribution in [1.82, 2.24) is 4.90 Å². The predicted molar refractivity (Wildman–Crippen MR) is 75.8 cm³/mol. The van der Waals surface area contributed by atoms with E-state index in [9.17, 15) is 4.79 Å². The van der Waals surface area contributed by atoms with Gasteiger partial charge >= 0.3 is 0 Å². The minimum atomic E-state index is 0.243. The quantitative estimate of drug-likeness (QED) is 0.787. The van der Waals surface area contributed by atoms with Crippen LogP contribution in [0.25, 0.3) is 0 Å². The molecule has 2 heterocycles. The van der Waals surface area contributed by atoms with E-state index < -0.39 is 0 Å². The van der Waals surface area contributed by atoms with Gasteiger partial charge in [0.25, 0.3) is 0 Å². The van der Waals surface area contributed by atoms with Crippen molar-refractivity contribution in [2.24, 2.45) is 0 Å². The third-order valence-corrected chi connectivity index (χ3v) is 5.45. The summed E-state index contributed by atoms with van der Waals surface area (Å²) in [5.41, 5.74) is 0. The van der Waals surface area contributed by atoms with Gasteiger partial charge in [-0.15, -0.1) is 11.3 Å². The Morgan fingerprint density at radius 3 is 2.65 bits per heavy atom. The molecule has 1 aromatic heterocycles. The van der Waals surface area contributed by atoms with Gasteiger partial charge in [0.2, 0.25) is 0 Å². The van der Waals surface area contributed by atoms with Crippen molar-refractivity contribution in [3.63, 3.8) is 0 Å². The van der Waals surface area contributed by atoms with Crippen LogP contribution in [0, 0.1) is 0 Å². The number of piperidine rings is 1. The van der Waals surface area contributed by atoms with Gasteiger partial charge in [-0.1, -0.05) is 6.42 Å². The van der Waals surface area contributed by atoms with Crippen LogP contribution in [0.1, 0.15) is 42.8 Å². The van der Waals surface area contributed by atoms with Crippen LogP contribution in [-0.4, -0.2) is 29.3 Å². The van der Waals surface area contributed by atoms with E-state index in [2.05, 4.69) is 34.7 Å². The molecule has 1 aliphatic heterocycles. The number of ketones is 1. The SMILES string of the molecule is CC1CCCC(C)N1CC(=O)c1sccc1Br. The van der Waals surface area contributed by atoms with Crippen molar-refractivity contribution in [2.75, 3.05) is 6.54 Å². The van der Waals surface area contributed by atoms with Gasteiger partial charge in [0.05, 0.1) is 11.4 Å². The minimum absolute atomic E-state index is 0.243. The highest BCUT2D eigenvalue weighted by atomic mass is 79.9. The van der Waals surface area contributed by atoms with E-state index in [0.717, 1.165) is 9.35 Å². The van der Waals surface area contributed by atoms with E-state index in [1.54, 1.807) is 0 Å². The van der Waals surface area contributed by atoms with Crippen molar-refractivity contribution in [3.05, 3.63) is 20.8 Å². The van der Waals surface area contributed by atoms with Crippen molar-refractivity contribution < 1.29 is 4.79 Å². The summed E-state index contributed by atoms with van der Waals surface area (Å²) in [6, 6.07) is 3.00. The Balaban J connectivity index is 2.05. The third kappa shape index (κ3) is 2.98. The highest BCUT2D eigenvalue weighted by Gasteiger charge is 2.27. The highest BCUT2D eigenvalue weighted by Crippen LogP contribution is 2.26. The summed E-state index contributed by atoms with van der Waals surface area (Å²) in [5, 5.41) is 1.96. The normalized spacial score (nSPS) is 26.1. The molecule has 0 spiro atoms. The molecule has 0 bridgehead atoms. The average Bonchev–Trinajstić information content (AvgIpc) is 2.70. The van der Waals surface area contributed by atoms with Crippen LogP contribution in [0.2, 0.25) is 0 Å². The summed E-state index contributed by atoms with van der Waals surface area (Å²) >= 11 is 4.96. The number of rotatable bonds is 3. The number of hydrogen-bond acceptors (Lipinski definition) is 3. The Kier molecular flexibility index (Phi) is 4.39. The molecule has 1 aliphatic rings. The molecule has 2 nitrogen and oxygen atoms in total. The van der Waals surface area contributed by atoms with Gasteiger partial charge in [0, 0.05) is 16.6 Å². The zero-order valence-corrected chi connectivity index (χ0v) is 12.7. The Morgan fingerprint density at radius 1 is 1.47 bits per heavy atom. The molecule has 0 aromatic carbocycles. The lowest BCUT2D eigenvalue weighted by molar-refractivity contribution is 0.0737. The summed E-state index contributed by atoms with van der Waals surface area (Å²) in [6.45, 7) is 5.01. The number of nitrogens with zero attached hydrogens (tertiary/aromatic N) is 1. The van der Waals surface area contributed by atoms with E-state index in [1.807, 2.05) is 11.4 Å². The fourth-order valence-electron chi connectivity index (χ4n) is 2.52. The number of likely N-dealkylation sites (tertiary alicyclic amines) is 1. The number of carbonyl (C=O) groups excluding carboxylic acids is 1. The molecule has 1 saturated heterocycles. The lowest BCUT2D eigenvalue weighted by Gasteiger charge is -2.38. The summed E-state index contributed by atoms with van der Waals surface area (Å²) in [5.74, 6) is 0.243. The standard InChI is InChI=1S/C13H18BrNOS/c1-9-4-3-5-10(2)15(9)8-12(16)13-11(14)6-7-17-13/h6-7,9-10H,3-5,8H2,1-2H3. The van der Waals surface area contributed by atoms with Crippen LogP contribution < -0.4 is 0 Å².